The van der Waals surface area contributed by atoms with Crippen molar-refractivity contribution in [3.63, 3.8) is 0 Å². The second kappa shape index (κ2) is 41.7. The number of fused-ring (bicyclic) bond motifs is 6. The first kappa shape index (κ1) is 119. The number of carbonyl (C=O) groups is 9. The summed E-state index contributed by atoms with van der Waals surface area (Å²) in [4.78, 5) is 110. The standard InChI is InChI=1S/C28H41F9O8.C22H35F3O5.C21H32F4O5.C21H33F3O5/c1-11-23(8,9)18(38)41-17-13-15(24(10,26(29,30)31)44-19(39)42-21(2,3)4)12-16(14-17)25(27(32,33)34,28(35,36)37)45-20(40)43-22(5,6)7;1-8-20(5,6)17(26)28-16-11-13-9-14(16)10-15(13)12-21(7,22(23,24)25)30-18(27)29-19(2,3)4;1-7-19(5,22)16(26)28-15-10-12-8-13(15)9-14(12)11-20(6,21(23,24)25)30-17(27)29-18(2,3)4;1-8-19(5,6)16(25)27-15-11-12-9-13(15)10-14(12)20(7,21(22,23)24)29-17(26)28-18(2,3)4/h15-17H,11-14H2,1-10H3;13-16H,8-12H2,1-7H3;12-15H,7-11H2,1-6H3;12-15H,8-11H2,1-7H3. The summed E-state index contributed by atoms with van der Waals surface area (Å²) in [5, 5.41) is 0. The molecule has 0 aromatic carbocycles. The van der Waals surface area contributed by atoms with Gasteiger partial charge in [-0.15, -0.1) is 0 Å². The van der Waals surface area contributed by atoms with E-state index >= 15 is 0 Å². The van der Waals surface area contributed by atoms with Crippen molar-refractivity contribution in [2.24, 2.45) is 81.3 Å². The van der Waals surface area contributed by atoms with E-state index in [-0.39, 0.29) is 104 Å². The third-order valence-corrected chi connectivity index (χ3v) is 26.7. The molecule has 0 radical (unpaired) electrons. The van der Waals surface area contributed by atoms with Gasteiger partial charge in [0.2, 0.25) is 28.1 Å². The highest BCUT2D eigenvalue weighted by atomic mass is 19.4. The Morgan fingerprint density at radius 2 is 0.522 bits per heavy atom. The number of halogens is 19. The maximum atomic E-state index is 14.6. The molecule has 6 bridgehead atoms. The van der Waals surface area contributed by atoms with Gasteiger partial charge in [-0.2, -0.15) is 79.0 Å². The fraction of sp³-hybridized carbons (Fsp3) is 0.902. The zero-order valence-electron chi connectivity index (χ0n) is 82.5. The van der Waals surface area contributed by atoms with Crippen LogP contribution in [-0.2, 0) is 85.5 Å². The van der Waals surface area contributed by atoms with Gasteiger partial charge in [-0.1, -0.05) is 27.7 Å². The normalized spacial score (nSPS) is 27.0. The lowest BCUT2D eigenvalue weighted by Gasteiger charge is -2.49. The van der Waals surface area contributed by atoms with Crippen LogP contribution < -0.4 is 0 Å². The minimum Gasteiger partial charge on any atom is -0.462 e. The molecule has 7 fully saturated rings. The Kier molecular flexibility index (Phi) is 37.1. The molecule has 20 unspecified atom stereocenters. The van der Waals surface area contributed by atoms with Crippen molar-refractivity contribution >= 4 is 54.7 Å². The molecule has 780 valence electrons. The highest BCUT2D eigenvalue weighted by Crippen LogP contribution is 2.62. The summed E-state index contributed by atoms with van der Waals surface area (Å²) in [5.74, 6) is -10.2. The van der Waals surface area contributed by atoms with Crippen LogP contribution in [0.1, 0.15) is 323 Å². The first-order chi connectivity index (χ1) is 59.7. The van der Waals surface area contributed by atoms with Crippen molar-refractivity contribution in [1.29, 1.82) is 0 Å². The number of carbonyl (C=O) groups excluding carboxylic acids is 9. The molecule has 134 heavy (non-hydrogen) atoms. The molecule has 0 saturated heterocycles. The van der Waals surface area contributed by atoms with Gasteiger partial charge >= 0.3 is 97.3 Å². The van der Waals surface area contributed by atoms with Crippen molar-refractivity contribution in [2.75, 3.05) is 0 Å². The van der Waals surface area contributed by atoms with Crippen LogP contribution in [0.25, 0.3) is 0 Å². The van der Waals surface area contributed by atoms with Crippen LogP contribution in [0.3, 0.4) is 0 Å². The first-order valence-electron chi connectivity index (χ1n) is 45.2. The van der Waals surface area contributed by atoms with E-state index in [1.165, 1.54) is 62.3 Å². The van der Waals surface area contributed by atoms with Crippen LogP contribution in [0.2, 0.25) is 0 Å². The molecule has 0 amide bonds. The number of rotatable bonds is 24. The van der Waals surface area contributed by atoms with Crippen molar-refractivity contribution in [2.45, 2.75) is 446 Å². The Bertz CT molecular complexity index is 3880. The molecule has 0 heterocycles. The molecular formula is C92H141F19O23. The second-order valence-corrected chi connectivity index (χ2v) is 44.7. The lowest BCUT2D eigenvalue weighted by atomic mass is 9.66. The third kappa shape index (κ3) is 30.9. The number of hydrogen-bond acceptors (Lipinski definition) is 23. The lowest BCUT2D eigenvalue weighted by Crippen LogP contribution is -2.67. The number of ether oxygens (including phenoxy) is 14. The second-order valence-electron chi connectivity index (χ2n) is 44.7. The van der Waals surface area contributed by atoms with E-state index in [0.29, 0.717) is 57.8 Å². The molecule has 23 nitrogen and oxygen atoms in total. The van der Waals surface area contributed by atoms with Crippen molar-refractivity contribution < 1.29 is 193 Å². The van der Waals surface area contributed by atoms with E-state index in [4.69, 9.17) is 52.1 Å². The summed E-state index contributed by atoms with van der Waals surface area (Å²) < 4.78 is 340. The van der Waals surface area contributed by atoms with E-state index in [0.717, 1.165) is 54.9 Å². The van der Waals surface area contributed by atoms with Crippen LogP contribution in [0.4, 0.5) is 107 Å². The van der Waals surface area contributed by atoms with Gasteiger partial charge in [0.05, 0.1) is 16.2 Å². The van der Waals surface area contributed by atoms with E-state index in [2.05, 4.69) is 14.2 Å². The van der Waals surface area contributed by atoms with E-state index < -0.39 is 213 Å². The molecule has 0 N–H and O–H groups in total. The molecule has 7 rings (SSSR count). The summed E-state index contributed by atoms with van der Waals surface area (Å²) in [6, 6.07) is 0. The summed E-state index contributed by atoms with van der Waals surface area (Å²) in [7, 11) is 0. The summed E-state index contributed by atoms with van der Waals surface area (Å²) in [6.07, 6.45) is -43.2. The van der Waals surface area contributed by atoms with Gasteiger partial charge in [0.1, 0.15) is 52.4 Å². The zero-order valence-corrected chi connectivity index (χ0v) is 82.5. The molecular weight excluding hydrogens is 1830 g/mol. The molecule has 7 aliphatic rings. The molecule has 0 aromatic rings. The number of esters is 4. The SMILES string of the molecule is CCC(C)(C)C(=O)OC1CC(C(C)(OC(=O)OC(C)(C)C)C(F)(F)F)CC(C(OC(=O)OC(C)(C)C)(C(F)(F)F)C(F)(F)F)C1.CCC(C)(C)C(=O)OC1CC2CC1CC2C(C)(OC(=O)OC(C)(C)C)C(F)(F)F.CCC(C)(C)C(=O)OC1CC2CC1CC2CC(C)(OC(=O)OC(C)(C)C)C(F)(F)F.CCC(C)(F)C(=O)OC1CC2CC1CC2CC(C)(OC(=O)OC(C)(C)C)C(F)(F)F. The Hall–Kier alpha value is -7.10. The quantitative estimate of drug-likeness (QED) is 0.0493. The lowest BCUT2D eigenvalue weighted by molar-refractivity contribution is -0.392. The molecule has 20 atom stereocenters. The average molecular weight is 1980 g/mol. The van der Waals surface area contributed by atoms with Gasteiger partial charge < -0.3 is 66.3 Å². The summed E-state index contributed by atoms with van der Waals surface area (Å²) in [5.41, 5.74) is -27.6. The van der Waals surface area contributed by atoms with E-state index in [1.54, 1.807) is 62.3 Å². The third-order valence-electron chi connectivity index (χ3n) is 26.7. The van der Waals surface area contributed by atoms with Gasteiger partial charge in [0.15, 0.2) is 0 Å². The van der Waals surface area contributed by atoms with Gasteiger partial charge in [0, 0.05) is 17.8 Å². The Morgan fingerprint density at radius 3 is 0.791 bits per heavy atom. The van der Waals surface area contributed by atoms with E-state index in [9.17, 15) is 127 Å². The average Bonchev–Trinajstić information content (AvgIpc) is 1.70. The topological polar surface area (TPSA) is 283 Å². The molecule has 0 aliphatic heterocycles. The number of hydrogen-bond donors (Lipinski definition) is 0. The Morgan fingerprint density at radius 1 is 0.246 bits per heavy atom. The van der Waals surface area contributed by atoms with E-state index in [1.807, 2.05) is 27.7 Å². The minimum atomic E-state index is -6.47. The van der Waals surface area contributed by atoms with Crippen molar-refractivity contribution in [3.8, 4) is 0 Å². The smallest absolute Gasteiger partial charge is 0.462 e. The molecule has 0 spiro atoms. The largest absolute Gasteiger partial charge is 0.510 e. The molecule has 7 saturated carbocycles. The highest BCUT2D eigenvalue weighted by molar-refractivity contribution is 5.79. The number of alkyl halides is 19. The van der Waals surface area contributed by atoms with Crippen LogP contribution in [-0.4, -0.2) is 178 Å². The Balaban J connectivity index is 0.000000380. The molecule has 7 aliphatic carbocycles. The maximum Gasteiger partial charge on any atom is 0.510 e. The fourth-order valence-electron chi connectivity index (χ4n) is 17.6. The van der Waals surface area contributed by atoms with Crippen LogP contribution in [0, 0.1) is 81.3 Å². The van der Waals surface area contributed by atoms with Gasteiger partial charge in [0.25, 0.3) is 0 Å². The summed E-state index contributed by atoms with van der Waals surface area (Å²) in [6.45, 7) is 42.1. The monoisotopic (exact) mass is 1970 g/mol. The maximum absolute atomic E-state index is 14.6. The predicted molar refractivity (Wildman–Crippen MR) is 444 cm³/mol. The van der Waals surface area contributed by atoms with Crippen LogP contribution in [0.15, 0.2) is 0 Å². The predicted octanol–water partition coefficient (Wildman–Crippen LogP) is 26.3. The Labute approximate surface area is 772 Å². The molecule has 0 aromatic heterocycles. The summed E-state index contributed by atoms with van der Waals surface area (Å²) >= 11 is 0. The van der Waals surface area contributed by atoms with Gasteiger partial charge in [-0.25, -0.2) is 33.2 Å². The fourth-order valence-corrected chi connectivity index (χ4v) is 17.6. The van der Waals surface area contributed by atoms with Crippen molar-refractivity contribution in [3.05, 3.63) is 0 Å². The molecule has 42 heteroatoms. The van der Waals surface area contributed by atoms with Gasteiger partial charge in [-0.05, 0) is 343 Å². The van der Waals surface area contributed by atoms with Crippen molar-refractivity contribution in [1.82, 2.24) is 0 Å². The zero-order chi connectivity index (χ0) is 104. The van der Waals surface area contributed by atoms with Crippen LogP contribution in [0.5, 0.6) is 0 Å². The first-order valence-corrected chi connectivity index (χ1v) is 45.2. The highest BCUT2D eigenvalue weighted by Gasteiger charge is 2.80. The van der Waals surface area contributed by atoms with Gasteiger partial charge in [-0.3, -0.25) is 14.4 Å². The minimum absolute atomic E-state index is 0.0127. The van der Waals surface area contributed by atoms with Crippen LogP contribution >= 0.6 is 0 Å².